The van der Waals surface area contributed by atoms with Crippen LogP contribution in [0, 0.1) is 0 Å². The second-order valence-corrected chi connectivity index (χ2v) is 6.08. The number of hydrogen-bond donors (Lipinski definition) is 0. The SMILES string of the molecule is O=C(c1ccccc1)N(c1ccccc1)C(OCCCl)c1ccccc1. The van der Waals surface area contributed by atoms with Gasteiger partial charge in [-0.1, -0.05) is 66.7 Å². The minimum atomic E-state index is -0.565. The van der Waals surface area contributed by atoms with Crippen molar-refractivity contribution in [2.75, 3.05) is 17.4 Å². The molecular formula is C22H20ClNO2. The summed E-state index contributed by atoms with van der Waals surface area (Å²) in [5.74, 6) is 0.228. The molecule has 0 heterocycles. The van der Waals surface area contributed by atoms with E-state index in [0.717, 1.165) is 11.3 Å². The number of carbonyl (C=O) groups is 1. The van der Waals surface area contributed by atoms with Crippen molar-refractivity contribution in [1.29, 1.82) is 0 Å². The fourth-order valence-electron chi connectivity index (χ4n) is 2.76. The Bertz CT molecular complexity index is 809. The molecule has 0 saturated carbocycles. The number of amides is 1. The van der Waals surface area contributed by atoms with Crippen LogP contribution in [0.1, 0.15) is 22.1 Å². The van der Waals surface area contributed by atoms with Gasteiger partial charge in [0.15, 0.2) is 6.23 Å². The summed E-state index contributed by atoms with van der Waals surface area (Å²) < 4.78 is 6.01. The number of carbonyl (C=O) groups excluding carboxylic acids is 1. The van der Waals surface area contributed by atoms with Gasteiger partial charge in [0, 0.05) is 22.7 Å². The van der Waals surface area contributed by atoms with E-state index < -0.39 is 6.23 Å². The number of anilines is 1. The van der Waals surface area contributed by atoms with Gasteiger partial charge in [-0.3, -0.25) is 9.69 Å². The Morgan fingerprint density at radius 2 is 1.38 bits per heavy atom. The summed E-state index contributed by atoms with van der Waals surface area (Å²) >= 11 is 5.85. The van der Waals surface area contributed by atoms with Crippen LogP contribution >= 0.6 is 11.6 Å². The highest BCUT2D eigenvalue weighted by Crippen LogP contribution is 2.30. The van der Waals surface area contributed by atoms with Gasteiger partial charge in [0.1, 0.15) is 0 Å². The van der Waals surface area contributed by atoms with Crippen LogP contribution in [-0.4, -0.2) is 18.4 Å². The molecular weight excluding hydrogens is 346 g/mol. The van der Waals surface area contributed by atoms with Gasteiger partial charge in [-0.15, -0.1) is 11.6 Å². The summed E-state index contributed by atoms with van der Waals surface area (Å²) in [7, 11) is 0. The lowest BCUT2D eigenvalue weighted by Gasteiger charge is -2.32. The third-order valence-corrected chi connectivity index (χ3v) is 4.10. The molecule has 0 radical (unpaired) electrons. The van der Waals surface area contributed by atoms with Gasteiger partial charge in [-0.25, -0.2) is 0 Å². The zero-order valence-electron chi connectivity index (χ0n) is 14.3. The van der Waals surface area contributed by atoms with Crippen molar-refractivity contribution in [3.8, 4) is 0 Å². The summed E-state index contributed by atoms with van der Waals surface area (Å²) in [6.07, 6.45) is -0.565. The van der Waals surface area contributed by atoms with Gasteiger partial charge >= 0.3 is 0 Å². The second kappa shape index (κ2) is 9.18. The number of nitrogens with zero attached hydrogens (tertiary/aromatic N) is 1. The molecule has 0 N–H and O–H groups in total. The van der Waals surface area contributed by atoms with E-state index in [1.807, 2.05) is 91.0 Å². The quantitative estimate of drug-likeness (QED) is 0.420. The maximum Gasteiger partial charge on any atom is 0.260 e. The number of rotatable bonds is 7. The molecule has 0 aromatic heterocycles. The third kappa shape index (κ3) is 4.31. The monoisotopic (exact) mass is 365 g/mol. The van der Waals surface area contributed by atoms with E-state index in [0.29, 0.717) is 18.1 Å². The first-order valence-corrected chi connectivity index (χ1v) is 9.01. The fraction of sp³-hybridized carbons (Fsp3) is 0.136. The van der Waals surface area contributed by atoms with E-state index in [9.17, 15) is 4.79 Å². The molecule has 0 aliphatic heterocycles. The predicted octanol–water partition coefficient (Wildman–Crippen LogP) is 5.29. The first kappa shape index (κ1) is 18.2. The van der Waals surface area contributed by atoms with E-state index in [2.05, 4.69) is 0 Å². The summed E-state index contributed by atoms with van der Waals surface area (Å²) in [5, 5.41) is 0. The average Bonchev–Trinajstić information content (AvgIpc) is 2.72. The topological polar surface area (TPSA) is 29.5 Å². The van der Waals surface area contributed by atoms with Crippen LogP contribution in [0.25, 0.3) is 0 Å². The highest BCUT2D eigenvalue weighted by molar-refractivity contribution is 6.18. The van der Waals surface area contributed by atoms with Crippen molar-refractivity contribution >= 4 is 23.2 Å². The first-order valence-electron chi connectivity index (χ1n) is 8.47. The van der Waals surface area contributed by atoms with Crippen molar-refractivity contribution in [3.63, 3.8) is 0 Å². The van der Waals surface area contributed by atoms with E-state index in [1.54, 1.807) is 4.90 Å². The Hall–Kier alpha value is -2.62. The molecule has 0 spiro atoms. The zero-order valence-corrected chi connectivity index (χ0v) is 15.0. The molecule has 3 rings (SSSR count). The van der Waals surface area contributed by atoms with Crippen LogP contribution < -0.4 is 4.90 Å². The highest BCUT2D eigenvalue weighted by atomic mass is 35.5. The number of alkyl halides is 1. The van der Waals surface area contributed by atoms with Crippen LogP contribution in [0.4, 0.5) is 5.69 Å². The van der Waals surface area contributed by atoms with Crippen molar-refractivity contribution < 1.29 is 9.53 Å². The van der Waals surface area contributed by atoms with Crippen LogP contribution in [0.5, 0.6) is 0 Å². The summed E-state index contributed by atoms with van der Waals surface area (Å²) in [6.45, 7) is 0.340. The second-order valence-electron chi connectivity index (χ2n) is 5.70. The minimum Gasteiger partial charge on any atom is -0.352 e. The third-order valence-electron chi connectivity index (χ3n) is 3.95. The summed E-state index contributed by atoms with van der Waals surface area (Å²) in [6, 6.07) is 28.5. The lowest BCUT2D eigenvalue weighted by molar-refractivity contribution is 0.0532. The number of para-hydroxylation sites is 1. The van der Waals surface area contributed by atoms with Crippen LogP contribution in [0.2, 0.25) is 0 Å². The molecule has 0 saturated heterocycles. The molecule has 132 valence electrons. The lowest BCUT2D eigenvalue weighted by atomic mass is 10.1. The first-order chi connectivity index (χ1) is 12.8. The van der Waals surface area contributed by atoms with E-state index in [1.165, 1.54) is 0 Å². The molecule has 3 nitrogen and oxygen atoms in total. The van der Waals surface area contributed by atoms with Crippen LogP contribution in [0.3, 0.4) is 0 Å². The molecule has 26 heavy (non-hydrogen) atoms. The minimum absolute atomic E-state index is 0.125. The number of benzene rings is 3. The largest absolute Gasteiger partial charge is 0.352 e. The van der Waals surface area contributed by atoms with E-state index >= 15 is 0 Å². The van der Waals surface area contributed by atoms with Crippen molar-refractivity contribution in [2.24, 2.45) is 0 Å². The molecule has 3 aromatic rings. The van der Waals surface area contributed by atoms with E-state index in [4.69, 9.17) is 16.3 Å². The van der Waals surface area contributed by atoms with Gasteiger partial charge in [0.05, 0.1) is 6.61 Å². The molecule has 3 aromatic carbocycles. The lowest BCUT2D eigenvalue weighted by Crippen LogP contribution is -2.37. The fourth-order valence-corrected chi connectivity index (χ4v) is 2.85. The van der Waals surface area contributed by atoms with Crippen LogP contribution in [-0.2, 0) is 4.74 Å². The van der Waals surface area contributed by atoms with Gasteiger partial charge in [0.25, 0.3) is 5.91 Å². The summed E-state index contributed by atoms with van der Waals surface area (Å²) in [5.41, 5.74) is 2.27. The zero-order chi connectivity index (χ0) is 18.2. The Morgan fingerprint density at radius 3 is 1.96 bits per heavy atom. The van der Waals surface area contributed by atoms with Crippen LogP contribution in [0.15, 0.2) is 91.0 Å². The number of ether oxygens (including phenoxy) is 1. The maximum atomic E-state index is 13.3. The van der Waals surface area contributed by atoms with Gasteiger partial charge in [0.2, 0.25) is 0 Å². The van der Waals surface area contributed by atoms with Crippen molar-refractivity contribution in [1.82, 2.24) is 0 Å². The molecule has 4 heteroatoms. The predicted molar refractivity (Wildman–Crippen MR) is 106 cm³/mol. The van der Waals surface area contributed by atoms with Crippen molar-refractivity contribution in [3.05, 3.63) is 102 Å². The molecule has 0 bridgehead atoms. The van der Waals surface area contributed by atoms with Gasteiger partial charge in [-0.2, -0.15) is 0 Å². The summed E-state index contributed by atoms with van der Waals surface area (Å²) in [4.78, 5) is 15.0. The average molecular weight is 366 g/mol. The molecule has 0 fully saturated rings. The van der Waals surface area contributed by atoms with Gasteiger partial charge in [-0.05, 0) is 24.3 Å². The number of halogens is 1. The van der Waals surface area contributed by atoms with E-state index in [-0.39, 0.29) is 5.91 Å². The molecule has 1 atom stereocenters. The molecule has 1 unspecified atom stereocenters. The highest BCUT2D eigenvalue weighted by Gasteiger charge is 2.28. The maximum absolute atomic E-state index is 13.3. The Morgan fingerprint density at radius 1 is 0.846 bits per heavy atom. The van der Waals surface area contributed by atoms with Crippen molar-refractivity contribution in [2.45, 2.75) is 6.23 Å². The Labute approximate surface area is 158 Å². The normalized spacial score (nSPS) is 11.7. The molecule has 1 amide bonds. The Kier molecular flexibility index (Phi) is 6.42. The Balaban J connectivity index is 2.06. The molecule has 0 aliphatic rings. The standard InChI is InChI=1S/C22H20ClNO2/c23-16-17-26-22(19-12-6-2-7-13-19)24(20-14-8-3-9-15-20)21(25)18-10-4-1-5-11-18/h1-15,22H,16-17H2. The smallest absolute Gasteiger partial charge is 0.260 e. The number of hydrogen-bond acceptors (Lipinski definition) is 2. The molecule has 0 aliphatic carbocycles. The van der Waals surface area contributed by atoms with Gasteiger partial charge < -0.3 is 4.74 Å².